The monoisotopic (exact) mass is 451 g/mol. The first kappa shape index (κ1) is 22.4. The number of ether oxygens (including phenoxy) is 1. The Balaban J connectivity index is 1.49. The van der Waals surface area contributed by atoms with Crippen LogP contribution in [0.25, 0.3) is 5.69 Å². The minimum atomic E-state index is -0.318. The molecule has 4 rings (SSSR count). The van der Waals surface area contributed by atoms with Gasteiger partial charge in [-0.05, 0) is 81.1 Å². The molecule has 1 aromatic heterocycles. The summed E-state index contributed by atoms with van der Waals surface area (Å²) in [5, 5.41) is 14.1. The van der Waals surface area contributed by atoms with E-state index in [1.165, 1.54) is 12.1 Å². The van der Waals surface area contributed by atoms with Gasteiger partial charge in [-0.2, -0.15) is 0 Å². The second-order valence-electron chi connectivity index (χ2n) is 7.86. The fraction of sp³-hybridized carbons (Fsp3) is 0.333. The van der Waals surface area contributed by atoms with Crippen molar-refractivity contribution in [1.82, 2.24) is 25.6 Å². The minimum Gasteiger partial charge on any atom is -0.494 e. The lowest BCUT2D eigenvalue weighted by atomic mass is 10.1. The van der Waals surface area contributed by atoms with E-state index < -0.39 is 0 Å². The van der Waals surface area contributed by atoms with E-state index >= 15 is 0 Å². The van der Waals surface area contributed by atoms with Gasteiger partial charge in [-0.25, -0.2) is 9.07 Å². The number of benzene rings is 2. The highest BCUT2D eigenvalue weighted by atomic mass is 19.1. The summed E-state index contributed by atoms with van der Waals surface area (Å²) in [6, 6.07) is 13.0. The molecule has 2 aromatic carbocycles. The molecule has 0 aliphatic heterocycles. The number of halogens is 1. The molecule has 1 aliphatic rings. The molecule has 9 heteroatoms. The molecule has 1 saturated carbocycles. The van der Waals surface area contributed by atoms with Crippen molar-refractivity contribution in [3.8, 4) is 11.4 Å². The highest BCUT2D eigenvalue weighted by molar-refractivity contribution is 5.94. The Labute approximate surface area is 191 Å². The van der Waals surface area contributed by atoms with Gasteiger partial charge >= 0.3 is 0 Å². The maximum atomic E-state index is 13.1. The summed E-state index contributed by atoms with van der Waals surface area (Å²) in [5.41, 5.74) is 2.20. The van der Waals surface area contributed by atoms with E-state index in [4.69, 9.17) is 4.74 Å². The number of hydrogen-bond donors (Lipinski definition) is 2. The minimum absolute atomic E-state index is 0.148. The molecule has 33 heavy (non-hydrogen) atoms. The summed E-state index contributed by atoms with van der Waals surface area (Å²) in [5.74, 6) is -0.125. The predicted octanol–water partition coefficient (Wildman–Crippen LogP) is 3.06. The topological polar surface area (TPSA) is 98.1 Å². The molecular formula is C24H26FN5O3. The van der Waals surface area contributed by atoms with Crippen molar-refractivity contribution in [1.29, 1.82) is 0 Å². The third-order valence-electron chi connectivity index (χ3n) is 5.24. The smallest absolute Gasteiger partial charge is 0.273 e. The summed E-state index contributed by atoms with van der Waals surface area (Å²) in [4.78, 5) is 24.8. The first-order valence-electron chi connectivity index (χ1n) is 11.1. The molecular weight excluding hydrogens is 425 g/mol. The molecule has 0 spiro atoms. The van der Waals surface area contributed by atoms with Crippen molar-refractivity contribution in [2.45, 2.75) is 38.6 Å². The Morgan fingerprint density at radius 1 is 1.09 bits per heavy atom. The van der Waals surface area contributed by atoms with Crippen molar-refractivity contribution in [3.63, 3.8) is 0 Å². The van der Waals surface area contributed by atoms with Crippen LogP contribution in [-0.2, 0) is 6.42 Å². The molecule has 0 atom stereocenters. The van der Waals surface area contributed by atoms with Gasteiger partial charge in [0.2, 0.25) is 0 Å². The summed E-state index contributed by atoms with van der Waals surface area (Å²) in [6.45, 7) is 2.80. The molecule has 0 saturated heterocycles. The number of rotatable bonds is 10. The SMILES string of the molecule is CCNC(=O)c1ccc(-n2nnc(C(=O)NC3CC3)c2CCCOc2ccc(F)cc2)cc1. The first-order chi connectivity index (χ1) is 16.0. The van der Waals surface area contributed by atoms with Gasteiger partial charge < -0.3 is 15.4 Å². The van der Waals surface area contributed by atoms with Gasteiger partial charge in [-0.15, -0.1) is 5.10 Å². The largest absolute Gasteiger partial charge is 0.494 e. The lowest BCUT2D eigenvalue weighted by molar-refractivity contribution is 0.0940. The van der Waals surface area contributed by atoms with Crippen LogP contribution in [0.3, 0.4) is 0 Å². The van der Waals surface area contributed by atoms with E-state index in [0.29, 0.717) is 48.7 Å². The zero-order valence-electron chi connectivity index (χ0n) is 18.4. The average Bonchev–Trinajstić information content (AvgIpc) is 3.53. The Bertz CT molecular complexity index is 1110. The average molecular weight is 452 g/mol. The normalized spacial score (nSPS) is 12.9. The quantitative estimate of drug-likeness (QED) is 0.462. The molecule has 1 fully saturated rings. The Morgan fingerprint density at radius 2 is 1.82 bits per heavy atom. The van der Waals surface area contributed by atoms with Crippen molar-refractivity contribution in [2.24, 2.45) is 0 Å². The number of carbonyl (C=O) groups excluding carboxylic acids is 2. The third-order valence-corrected chi connectivity index (χ3v) is 5.24. The van der Waals surface area contributed by atoms with Gasteiger partial charge in [0.15, 0.2) is 5.69 Å². The summed E-state index contributed by atoms with van der Waals surface area (Å²) < 4.78 is 20.4. The first-order valence-corrected chi connectivity index (χ1v) is 11.1. The van der Waals surface area contributed by atoms with E-state index in [9.17, 15) is 14.0 Å². The van der Waals surface area contributed by atoms with Crippen molar-refractivity contribution >= 4 is 11.8 Å². The molecule has 2 N–H and O–H groups in total. The highest BCUT2D eigenvalue weighted by Crippen LogP contribution is 2.21. The maximum Gasteiger partial charge on any atom is 0.273 e. The Hall–Kier alpha value is -3.75. The van der Waals surface area contributed by atoms with Crippen LogP contribution in [0, 0.1) is 5.82 Å². The van der Waals surface area contributed by atoms with Crippen molar-refractivity contribution < 1.29 is 18.7 Å². The zero-order valence-corrected chi connectivity index (χ0v) is 18.4. The van der Waals surface area contributed by atoms with Crippen LogP contribution in [-0.4, -0.2) is 46.0 Å². The van der Waals surface area contributed by atoms with Crippen LogP contribution in [0.1, 0.15) is 52.7 Å². The zero-order chi connectivity index (χ0) is 23.2. The van der Waals surface area contributed by atoms with Crippen molar-refractivity contribution in [3.05, 3.63) is 71.3 Å². The van der Waals surface area contributed by atoms with E-state index in [-0.39, 0.29) is 29.4 Å². The molecule has 0 unspecified atom stereocenters. The molecule has 0 bridgehead atoms. The highest BCUT2D eigenvalue weighted by Gasteiger charge is 2.27. The van der Waals surface area contributed by atoms with E-state index in [1.807, 2.05) is 6.92 Å². The Kier molecular flexibility index (Phi) is 6.97. The fourth-order valence-electron chi connectivity index (χ4n) is 3.37. The second-order valence-corrected chi connectivity index (χ2v) is 7.86. The van der Waals surface area contributed by atoms with Crippen LogP contribution in [0.15, 0.2) is 48.5 Å². The van der Waals surface area contributed by atoms with Gasteiger partial charge in [0.05, 0.1) is 18.0 Å². The van der Waals surface area contributed by atoms with Crippen LogP contribution in [0.4, 0.5) is 4.39 Å². The summed E-state index contributed by atoms with van der Waals surface area (Å²) in [7, 11) is 0. The lowest BCUT2D eigenvalue weighted by Crippen LogP contribution is -2.27. The number of nitrogens with zero attached hydrogens (tertiary/aromatic N) is 3. The Morgan fingerprint density at radius 3 is 2.48 bits per heavy atom. The van der Waals surface area contributed by atoms with Crippen LogP contribution in [0.5, 0.6) is 5.75 Å². The number of amides is 2. The number of nitrogens with one attached hydrogen (secondary N) is 2. The molecule has 172 valence electrons. The maximum absolute atomic E-state index is 13.1. The number of hydrogen-bond acceptors (Lipinski definition) is 5. The van der Waals surface area contributed by atoms with Crippen LogP contribution in [0.2, 0.25) is 0 Å². The van der Waals surface area contributed by atoms with Gasteiger partial charge in [-0.3, -0.25) is 9.59 Å². The molecule has 1 heterocycles. The van der Waals surface area contributed by atoms with Crippen LogP contribution >= 0.6 is 0 Å². The summed E-state index contributed by atoms with van der Waals surface area (Å²) in [6.07, 6.45) is 3.05. The van der Waals surface area contributed by atoms with Gasteiger partial charge in [0, 0.05) is 18.2 Å². The standard InChI is InChI=1S/C24H26FN5O3/c1-2-26-23(31)16-5-11-19(12-6-16)30-21(22(28-29-30)24(32)27-18-9-10-18)4-3-15-33-20-13-7-17(25)8-14-20/h5-8,11-14,18H,2-4,9-10,15H2,1H3,(H,26,31)(H,27,32). The predicted molar refractivity (Wildman–Crippen MR) is 120 cm³/mol. The fourth-order valence-corrected chi connectivity index (χ4v) is 3.37. The lowest BCUT2D eigenvalue weighted by Gasteiger charge is -2.10. The third kappa shape index (κ3) is 5.74. The number of carbonyl (C=O) groups is 2. The molecule has 2 amide bonds. The van der Waals surface area contributed by atoms with Gasteiger partial charge in [0.25, 0.3) is 11.8 Å². The second kappa shape index (κ2) is 10.2. The molecule has 8 nitrogen and oxygen atoms in total. The molecule has 3 aromatic rings. The summed E-state index contributed by atoms with van der Waals surface area (Å²) >= 11 is 0. The number of aromatic nitrogens is 3. The van der Waals surface area contributed by atoms with Crippen LogP contribution < -0.4 is 15.4 Å². The van der Waals surface area contributed by atoms with E-state index in [2.05, 4.69) is 20.9 Å². The van der Waals surface area contributed by atoms with E-state index in [1.54, 1.807) is 41.1 Å². The van der Waals surface area contributed by atoms with Crippen molar-refractivity contribution in [2.75, 3.05) is 13.2 Å². The van der Waals surface area contributed by atoms with E-state index in [0.717, 1.165) is 12.8 Å². The van der Waals surface area contributed by atoms with Gasteiger partial charge in [-0.1, -0.05) is 5.21 Å². The van der Waals surface area contributed by atoms with Gasteiger partial charge in [0.1, 0.15) is 11.6 Å². The molecule has 0 radical (unpaired) electrons. The molecule has 1 aliphatic carbocycles.